The Morgan fingerprint density at radius 1 is 1.53 bits per heavy atom. The molecule has 0 radical (unpaired) electrons. The highest BCUT2D eigenvalue weighted by Crippen LogP contribution is 2.35. The fraction of sp³-hybridized carbons (Fsp3) is 0.909. The molecular weight excluding hydrogens is 194 g/mol. The Morgan fingerprint density at radius 3 is 3.07 bits per heavy atom. The molecular formula is C11H19NO3. The van der Waals surface area contributed by atoms with Gasteiger partial charge in [0.25, 0.3) is 0 Å². The number of hydrogen-bond donors (Lipinski definition) is 1. The zero-order chi connectivity index (χ0) is 10.7. The number of likely N-dealkylation sites (N-methyl/N-ethyl adjacent to an activating group) is 1. The maximum absolute atomic E-state index is 11.8. The van der Waals surface area contributed by atoms with Gasteiger partial charge < -0.3 is 14.8 Å². The van der Waals surface area contributed by atoms with Crippen LogP contribution in [0.5, 0.6) is 0 Å². The van der Waals surface area contributed by atoms with Crippen LogP contribution >= 0.6 is 0 Å². The van der Waals surface area contributed by atoms with E-state index in [0.717, 1.165) is 25.9 Å². The summed E-state index contributed by atoms with van der Waals surface area (Å²) in [6.07, 6.45) is 2.64. The van der Waals surface area contributed by atoms with Crippen LogP contribution in [0.25, 0.3) is 0 Å². The highest BCUT2D eigenvalue weighted by molar-refractivity contribution is 5.83. The second-order valence-corrected chi connectivity index (χ2v) is 4.52. The zero-order valence-electron chi connectivity index (χ0n) is 9.25. The molecule has 4 nitrogen and oxygen atoms in total. The van der Waals surface area contributed by atoms with E-state index in [0.29, 0.717) is 25.5 Å². The van der Waals surface area contributed by atoms with Crippen molar-refractivity contribution >= 4 is 5.78 Å². The monoisotopic (exact) mass is 213 g/mol. The Bertz CT molecular complexity index is 236. The normalized spacial score (nSPS) is 35.9. The highest BCUT2D eigenvalue weighted by Gasteiger charge is 2.42. The maximum Gasteiger partial charge on any atom is 0.149 e. The second kappa shape index (κ2) is 4.60. The summed E-state index contributed by atoms with van der Waals surface area (Å²) < 4.78 is 11.2. The van der Waals surface area contributed by atoms with Gasteiger partial charge in [-0.15, -0.1) is 0 Å². The van der Waals surface area contributed by atoms with Crippen LogP contribution in [0.4, 0.5) is 0 Å². The fourth-order valence-corrected chi connectivity index (χ4v) is 2.48. The predicted molar refractivity (Wildman–Crippen MR) is 55.8 cm³/mol. The Kier molecular flexibility index (Phi) is 3.38. The summed E-state index contributed by atoms with van der Waals surface area (Å²) >= 11 is 0. The summed E-state index contributed by atoms with van der Waals surface area (Å²) in [4.78, 5) is 11.8. The number of hydrogen-bond acceptors (Lipinski definition) is 4. The summed E-state index contributed by atoms with van der Waals surface area (Å²) in [5.74, 6) is 0.472. The van der Waals surface area contributed by atoms with Gasteiger partial charge >= 0.3 is 0 Å². The number of Topliss-reactive ketones (excluding diaryl/α,β-unsaturated/α-hetero) is 1. The molecule has 86 valence electrons. The molecule has 2 heterocycles. The van der Waals surface area contributed by atoms with Gasteiger partial charge in [-0.1, -0.05) is 0 Å². The zero-order valence-corrected chi connectivity index (χ0v) is 9.25. The minimum Gasteiger partial charge on any atom is -0.378 e. The first kappa shape index (κ1) is 11.0. The van der Waals surface area contributed by atoms with Gasteiger partial charge in [0, 0.05) is 25.6 Å². The van der Waals surface area contributed by atoms with Crippen LogP contribution < -0.4 is 5.32 Å². The minimum atomic E-state index is -0.147. The molecule has 0 amide bonds. The van der Waals surface area contributed by atoms with E-state index in [2.05, 4.69) is 5.32 Å². The van der Waals surface area contributed by atoms with Crippen molar-refractivity contribution in [3.05, 3.63) is 0 Å². The van der Waals surface area contributed by atoms with Crippen molar-refractivity contribution in [3.8, 4) is 0 Å². The number of ether oxygens (including phenoxy) is 2. The molecule has 0 aromatic carbocycles. The smallest absolute Gasteiger partial charge is 0.149 e. The van der Waals surface area contributed by atoms with E-state index < -0.39 is 0 Å². The third-order valence-electron chi connectivity index (χ3n) is 3.37. The van der Waals surface area contributed by atoms with E-state index in [-0.39, 0.29) is 11.5 Å². The number of ketones is 1. The number of rotatable bonds is 3. The van der Waals surface area contributed by atoms with Crippen LogP contribution in [0, 0.1) is 5.92 Å². The van der Waals surface area contributed by atoms with Gasteiger partial charge in [0.05, 0.1) is 18.8 Å². The molecule has 0 bridgehead atoms. The van der Waals surface area contributed by atoms with Gasteiger partial charge in [-0.2, -0.15) is 0 Å². The molecule has 0 aromatic rings. The van der Waals surface area contributed by atoms with E-state index >= 15 is 0 Å². The van der Waals surface area contributed by atoms with E-state index in [1.54, 1.807) is 0 Å². The van der Waals surface area contributed by atoms with E-state index in [1.165, 1.54) is 0 Å². The van der Waals surface area contributed by atoms with Crippen LogP contribution in [0.15, 0.2) is 0 Å². The number of carbonyl (C=O) groups is 1. The molecule has 4 heteroatoms. The van der Waals surface area contributed by atoms with Crippen molar-refractivity contribution in [3.63, 3.8) is 0 Å². The standard InChI is InChI=1S/C11H19NO3/c1-12-7-10(13)9-2-4-15-11(6-9)3-5-14-8-11/h9,12H,2-8H2,1H3. The molecule has 1 N–H and O–H groups in total. The van der Waals surface area contributed by atoms with Crippen LogP contribution in [-0.2, 0) is 14.3 Å². The molecule has 0 aliphatic carbocycles. The van der Waals surface area contributed by atoms with Gasteiger partial charge in [-0.3, -0.25) is 4.79 Å². The van der Waals surface area contributed by atoms with Crippen molar-refractivity contribution in [2.24, 2.45) is 5.92 Å². The molecule has 0 aromatic heterocycles. The van der Waals surface area contributed by atoms with Gasteiger partial charge in [0.15, 0.2) is 0 Å². The average molecular weight is 213 g/mol. The van der Waals surface area contributed by atoms with Crippen molar-refractivity contribution in [2.45, 2.75) is 24.9 Å². The minimum absolute atomic E-state index is 0.147. The summed E-state index contributed by atoms with van der Waals surface area (Å²) in [6, 6.07) is 0. The summed E-state index contributed by atoms with van der Waals surface area (Å²) in [7, 11) is 1.81. The molecule has 2 saturated heterocycles. The molecule has 2 atom stereocenters. The lowest BCUT2D eigenvalue weighted by molar-refractivity contribution is -0.136. The lowest BCUT2D eigenvalue weighted by Gasteiger charge is -2.36. The third kappa shape index (κ3) is 2.38. The van der Waals surface area contributed by atoms with Crippen molar-refractivity contribution < 1.29 is 14.3 Å². The Labute approximate surface area is 90.3 Å². The van der Waals surface area contributed by atoms with Gasteiger partial charge in [-0.25, -0.2) is 0 Å². The Morgan fingerprint density at radius 2 is 2.40 bits per heavy atom. The maximum atomic E-state index is 11.8. The fourth-order valence-electron chi connectivity index (χ4n) is 2.48. The molecule has 2 aliphatic rings. The highest BCUT2D eigenvalue weighted by atomic mass is 16.6. The van der Waals surface area contributed by atoms with E-state index in [4.69, 9.17) is 9.47 Å². The Hall–Kier alpha value is -0.450. The predicted octanol–water partition coefficient (Wildman–Crippen LogP) is 0.361. The largest absolute Gasteiger partial charge is 0.378 e. The lowest BCUT2D eigenvalue weighted by atomic mass is 9.83. The van der Waals surface area contributed by atoms with Gasteiger partial charge in [0.1, 0.15) is 5.78 Å². The molecule has 2 fully saturated rings. The van der Waals surface area contributed by atoms with E-state index in [9.17, 15) is 4.79 Å². The Balaban J connectivity index is 1.94. The van der Waals surface area contributed by atoms with Crippen LogP contribution in [0.1, 0.15) is 19.3 Å². The molecule has 0 saturated carbocycles. The van der Waals surface area contributed by atoms with Crippen LogP contribution in [0.2, 0.25) is 0 Å². The van der Waals surface area contributed by atoms with Gasteiger partial charge in [0.2, 0.25) is 0 Å². The lowest BCUT2D eigenvalue weighted by Crippen LogP contribution is -2.43. The molecule has 2 rings (SSSR count). The first-order valence-electron chi connectivity index (χ1n) is 5.65. The quantitative estimate of drug-likeness (QED) is 0.735. The van der Waals surface area contributed by atoms with Crippen LogP contribution in [0.3, 0.4) is 0 Å². The van der Waals surface area contributed by atoms with Crippen molar-refractivity contribution in [1.29, 1.82) is 0 Å². The van der Waals surface area contributed by atoms with Crippen LogP contribution in [-0.4, -0.2) is 44.8 Å². The molecule has 15 heavy (non-hydrogen) atoms. The molecule has 1 spiro atoms. The van der Waals surface area contributed by atoms with Gasteiger partial charge in [-0.05, 0) is 19.9 Å². The topological polar surface area (TPSA) is 47.6 Å². The number of carbonyl (C=O) groups excluding carboxylic acids is 1. The first-order chi connectivity index (χ1) is 7.26. The number of nitrogens with one attached hydrogen (secondary N) is 1. The van der Waals surface area contributed by atoms with Crippen molar-refractivity contribution in [2.75, 3.05) is 33.4 Å². The SMILES string of the molecule is CNCC(=O)C1CCOC2(CCOC2)C1. The second-order valence-electron chi connectivity index (χ2n) is 4.52. The van der Waals surface area contributed by atoms with Crippen molar-refractivity contribution in [1.82, 2.24) is 5.32 Å². The third-order valence-corrected chi connectivity index (χ3v) is 3.37. The summed E-state index contributed by atoms with van der Waals surface area (Å²) in [6.45, 7) is 2.61. The summed E-state index contributed by atoms with van der Waals surface area (Å²) in [5, 5.41) is 2.92. The molecule has 2 unspecified atom stereocenters. The average Bonchev–Trinajstić information content (AvgIpc) is 2.67. The first-order valence-corrected chi connectivity index (χ1v) is 5.65. The van der Waals surface area contributed by atoms with E-state index in [1.807, 2.05) is 7.05 Å². The summed E-state index contributed by atoms with van der Waals surface area (Å²) in [5.41, 5.74) is -0.147. The molecule has 2 aliphatic heterocycles.